The van der Waals surface area contributed by atoms with Gasteiger partial charge in [0.2, 0.25) is 5.88 Å². The third kappa shape index (κ3) is 3.84. The third-order valence-corrected chi connectivity index (χ3v) is 1.55. The van der Waals surface area contributed by atoms with E-state index in [1.54, 1.807) is 19.1 Å². The summed E-state index contributed by atoms with van der Waals surface area (Å²) < 4.78 is 9.87. The van der Waals surface area contributed by atoms with Crippen molar-refractivity contribution < 1.29 is 14.3 Å². The number of aromatic nitrogens is 1. The number of hydrogen-bond acceptors (Lipinski definition) is 4. The molecule has 0 saturated carbocycles. The zero-order chi connectivity index (χ0) is 11.1. The Morgan fingerprint density at radius 3 is 2.73 bits per heavy atom. The fourth-order valence-electron chi connectivity index (χ4n) is 0.973. The summed E-state index contributed by atoms with van der Waals surface area (Å²) >= 11 is 0. The summed E-state index contributed by atoms with van der Waals surface area (Å²) in [5.41, 5.74) is 0.580. The van der Waals surface area contributed by atoms with Gasteiger partial charge in [-0.15, -0.1) is 0 Å². The third-order valence-electron chi connectivity index (χ3n) is 1.55. The summed E-state index contributed by atoms with van der Waals surface area (Å²) in [6, 6.07) is 3.39. The van der Waals surface area contributed by atoms with Gasteiger partial charge in [-0.2, -0.15) is 0 Å². The maximum absolute atomic E-state index is 11.0. The summed E-state index contributed by atoms with van der Waals surface area (Å²) in [7, 11) is 0. The van der Waals surface area contributed by atoms with Crippen molar-refractivity contribution in [3.63, 3.8) is 0 Å². The van der Waals surface area contributed by atoms with E-state index < -0.39 is 6.09 Å². The van der Waals surface area contributed by atoms with Crippen molar-refractivity contribution in [2.45, 2.75) is 13.8 Å². The molecule has 1 amide bonds. The van der Waals surface area contributed by atoms with Crippen LogP contribution >= 0.6 is 0 Å². The second-order valence-corrected chi connectivity index (χ2v) is 2.66. The van der Waals surface area contributed by atoms with Gasteiger partial charge in [-0.1, -0.05) is 0 Å². The number of amides is 1. The van der Waals surface area contributed by atoms with E-state index in [0.29, 0.717) is 24.8 Å². The Morgan fingerprint density at radius 1 is 1.40 bits per heavy atom. The van der Waals surface area contributed by atoms with Crippen molar-refractivity contribution in [2.24, 2.45) is 0 Å². The number of nitrogens with one attached hydrogen (secondary N) is 1. The van der Waals surface area contributed by atoms with Crippen LogP contribution in [0.3, 0.4) is 0 Å². The number of nitrogens with zero attached hydrogens (tertiary/aromatic N) is 1. The maximum Gasteiger partial charge on any atom is 0.411 e. The fourth-order valence-corrected chi connectivity index (χ4v) is 0.973. The lowest BCUT2D eigenvalue weighted by Gasteiger charge is -2.05. The Hall–Kier alpha value is -1.78. The zero-order valence-electron chi connectivity index (χ0n) is 8.82. The lowest BCUT2D eigenvalue weighted by Crippen LogP contribution is -2.13. The maximum atomic E-state index is 11.0. The Kier molecular flexibility index (Phi) is 4.40. The minimum absolute atomic E-state index is 0.344. The first-order valence-corrected chi connectivity index (χ1v) is 4.79. The van der Waals surface area contributed by atoms with Crippen molar-refractivity contribution in [3.8, 4) is 5.88 Å². The molecule has 5 nitrogen and oxygen atoms in total. The molecule has 0 bridgehead atoms. The second-order valence-electron chi connectivity index (χ2n) is 2.66. The fraction of sp³-hybridized carbons (Fsp3) is 0.400. The van der Waals surface area contributed by atoms with E-state index in [0.717, 1.165) is 0 Å². The van der Waals surface area contributed by atoms with E-state index in [4.69, 9.17) is 9.47 Å². The number of carbonyl (C=O) groups is 1. The lowest BCUT2D eigenvalue weighted by atomic mass is 10.4. The predicted octanol–water partition coefficient (Wildman–Crippen LogP) is 2.05. The van der Waals surface area contributed by atoms with E-state index in [1.165, 1.54) is 6.20 Å². The van der Waals surface area contributed by atoms with Crippen LogP contribution in [-0.4, -0.2) is 24.3 Å². The molecule has 15 heavy (non-hydrogen) atoms. The highest BCUT2D eigenvalue weighted by Gasteiger charge is 2.02. The van der Waals surface area contributed by atoms with Crippen molar-refractivity contribution in [1.82, 2.24) is 4.98 Å². The van der Waals surface area contributed by atoms with Gasteiger partial charge in [0.05, 0.1) is 25.1 Å². The molecule has 1 aromatic rings. The molecule has 0 aliphatic carbocycles. The molecule has 0 aliphatic rings. The van der Waals surface area contributed by atoms with E-state index in [9.17, 15) is 4.79 Å². The molecular formula is C10H14N2O3. The summed E-state index contributed by atoms with van der Waals surface area (Å²) in [6.45, 7) is 4.54. The number of hydrogen-bond donors (Lipinski definition) is 1. The monoisotopic (exact) mass is 210 g/mol. The Balaban J connectivity index is 2.52. The summed E-state index contributed by atoms with van der Waals surface area (Å²) in [4.78, 5) is 15.0. The highest BCUT2D eigenvalue weighted by Crippen LogP contribution is 2.11. The van der Waals surface area contributed by atoms with Crippen LogP contribution in [0.4, 0.5) is 10.5 Å². The standard InChI is InChI=1S/C10H14N2O3/c1-3-14-9-6-5-8(7-11-9)12-10(13)15-4-2/h5-7H,3-4H2,1-2H3,(H,12,13). The summed E-state index contributed by atoms with van der Waals surface area (Å²) in [6.07, 6.45) is 1.03. The van der Waals surface area contributed by atoms with Gasteiger partial charge in [0.15, 0.2) is 0 Å². The van der Waals surface area contributed by atoms with Gasteiger partial charge < -0.3 is 9.47 Å². The van der Waals surface area contributed by atoms with Crippen LogP contribution in [0.2, 0.25) is 0 Å². The number of carbonyl (C=O) groups excluding carboxylic acids is 1. The SMILES string of the molecule is CCOC(=O)Nc1ccc(OCC)nc1. The van der Waals surface area contributed by atoms with Crippen LogP contribution in [0.25, 0.3) is 0 Å². The molecule has 0 unspecified atom stereocenters. The van der Waals surface area contributed by atoms with Crippen LogP contribution in [0, 0.1) is 0 Å². The average Bonchev–Trinajstić information content (AvgIpc) is 2.22. The normalized spacial score (nSPS) is 9.47. The van der Waals surface area contributed by atoms with Gasteiger partial charge in [0.25, 0.3) is 0 Å². The highest BCUT2D eigenvalue weighted by atomic mass is 16.5. The highest BCUT2D eigenvalue weighted by molar-refractivity contribution is 5.84. The quantitative estimate of drug-likeness (QED) is 0.826. The topological polar surface area (TPSA) is 60.5 Å². The van der Waals surface area contributed by atoms with E-state index in [1.807, 2.05) is 6.92 Å². The molecule has 0 spiro atoms. The first kappa shape index (κ1) is 11.3. The molecule has 0 fully saturated rings. The molecule has 0 saturated heterocycles. The minimum Gasteiger partial charge on any atom is -0.478 e. The first-order chi connectivity index (χ1) is 7.26. The molecule has 0 aliphatic heterocycles. The predicted molar refractivity (Wildman–Crippen MR) is 56.1 cm³/mol. The number of ether oxygens (including phenoxy) is 2. The van der Waals surface area contributed by atoms with E-state index in [-0.39, 0.29) is 0 Å². The molecule has 1 N–H and O–H groups in total. The van der Waals surface area contributed by atoms with Crippen LogP contribution in [-0.2, 0) is 4.74 Å². The smallest absolute Gasteiger partial charge is 0.411 e. The Labute approximate surface area is 88.4 Å². The summed E-state index contributed by atoms with van der Waals surface area (Å²) in [5.74, 6) is 0.534. The largest absolute Gasteiger partial charge is 0.478 e. The summed E-state index contributed by atoms with van der Waals surface area (Å²) in [5, 5.41) is 2.53. The van der Waals surface area contributed by atoms with Crippen LogP contribution in [0.1, 0.15) is 13.8 Å². The van der Waals surface area contributed by atoms with Gasteiger partial charge in [-0.3, -0.25) is 5.32 Å². The Bertz CT molecular complexity index is 311. The average molecular weight is 210 g/mol. The van der Waals surface area contributed by atoms with Gasteiger partial charge in [-0.25, -0.2) is 9.78 Å². The van der Waals surface area contributed by atoms with Crippen molar-refractivity contribution in [1.29, 1.82) is 0 Å². The zero-order valence-corrected chi connectivity index (χ0v) is 8.82. The molecule has 0 radical (unpaired) electrons. The molecule has 0 atom stereocenters. The number of rotatable bonds is 4. The number of pyridine rings is 1. The number of anilines is 1. The molecule has 1 aromatic heterocycles. The molecular weight excluding hydrogens is 196 g/mol. The second kappa shape index (κ2) is 5.85. The first-order valence-electron chi connectivity index (χ1n) is 4.79. The van der Waals surface area contributed by atoms with Crippen LogP contribution in [0.15, 0.2) is 18.3 Å². The van der Waals surface area contributed by atoms with Gasteiger partial charge in [0.1, 0.15) is 0 Å². The lowest BCUT2D eigenvalue weighted by molar-refractivity contribution is 0.168. The molecule has 1 rings (SSSR count). The van der Waals surface area contributed by atoms with Gasteiger partial charge in [-0.05, 0) is 19.9 Å². The van der Waals surface area contributed by atoms with Crippen molar-refractivity contribution in [2.75, 3.05) is 18.5 Å². The molecule has 1 heterocycles. The van der Waals surface area contributed by atoms with E-state index >= 15 is 0 Å². The van der Waals surface area contributed by atoms with Crippen molar-refractivity contribution in [3.05, 3.63) is 18.3 Å². The van der Waals surface area contributed by atoms with Gasteiger partial charge >= 0.3 is 6.09 Å². The minimum atomic E-state index is -0.483. The van der Waals surface area contributed by atoms with Crippen LogP contribution in [0.5, 0.6) is 5.88 Å². The van der Waals surface area contributed by atoms with Crippen molar-refractivity contribution >= 4 is 11.8 Å². The van der Waals surface area contributed by atoms with Gasteiger partial charge in [0, 0.05) is 6.07 Å². The molecule has 82 valence electrons. The van der Waals surface area contributed by atoms with E-state index in [2.05, 4.69) is 10.3 Å². The van der Waals surface area contributed by atoms with Crippen LogP contribution < -0.4 is 10.1 Å². The Morgan fingerprint density at radius 2 is 2.20 bits per heavy atom. The molecule has 0 aromatic carbocycles. The molecule has 5 heteroatoms.